The largest absolute Gasteiger partial charge is 0.459 e. The highest BCUT2D eigenvalue weighted by Crippen LogP contribution is 2.45. The van der Waals surface area contributed by atoms with Crippen LogP contribution in [0.2, 0.25) is 5.02 Å². The molecule has 1 rings (SSSR count). The van der Waals surface area contributed by atoms with Gasteiger partial charge in [0.15, 0.2) is 5.69 Å². The topological polar surface area (TPSA) is 28.7 Å². The number of alkyl halides is 5. The van der Waals surface area contributed by atoms with Gasteiger partial charge in [-0.1, -0.05) is 11.6 Å². The first-order valence-electron chi connectivity index (χ1n) is 3.33. The van der Waals surface area contributed by atoms with Crippen LogP contribution in [0.15, 0.2) is 0 Å². The van der Waals surface area contributed by atoms with Crippen molar-refractivity contribution < 1.29 is 22.0 Å². The van der Waals surface area contributed by atoms with Crippen LogP contribution >= 0.6 is 11.6 Å². The van der Waals surface area contributed by atoms with Crippen molar-refractivity contribution >= 4 is 11.6 Å². The monoisotopic (exact) mass is 234 g/mol. The van der Waals surface area contributed by atoms with Crippen LogP contribution in [0.1, 0.15) is 11.4 Å². The molecule has 0 spiro atoms. The van der Waals surface area contributed by atoms with Crippen molar-refractivity contribution in [2.45, 2.75) is 19.0 Å². The van der Waals surface area contributed by atoms with Gasteiger partial charge in [0.25, 0.3) is 0 Å². The standard InChI is InChI=1S/C6H4ClF5N2/c1-2-3(7)4(14-13-2)5(8,9)6(10,11)12/h1H3,(H,13,14). The van der Waals surface area contributed by atoms with Gasteiger partial charge >= 0.3 is 12.1 Å². The van der Waals surface area contributed by atoms with Gasteiger partial charge in [0.05, 0.1) is 10.7 Å². The Bertz CT molecular complexity index is 342. The van der Waals surface area contributed by atoms with Crippen LogP contribution in [0.4, 0.5) is 22.0 Å². The number of nitrogens with one attached hydrogen (secondary N) is 1. The molecule has 0 aliphatic rings. The highest BCUT2D eigenvalue weighted by molar-refractivity contribution is 6.31. The minimum absolute atomic E-state index is 0.0365. The van der Waals surface area contributed by atoms with E-state index in [1.165, 1.54) is 6.92 Å². The number of rotatable bonds is 1. The number of hydrogen-bond acceptors (Lipinski definition) is 1. The van der Waals surface area contributed by atoms with Gasteiger partial charge in [-0.05, 0) is 6.92 Å². The summed E-state index contributed by atoms with van der Waals surface area (Å²) in [6, 6.07) is 0. The lowest BCUT2D eigenvalue weighted by atomic mass is 10.2. The molecule has 0 atom stereocenters. The van der Waals surface area contributed by atoms with Crippen molar-refractivity contribution in [1.82, 2.24) is 10.2 Å². The van der Waals surface area contributed by atoms with E-state index in [1.807, 2.05) is 5.10 Å². The number of nitrogens with zero attached hydrogens (tertiary/aromatic N) is 1. The Kier molecular flexibility index (Phi) is 2.47. The van der Waals surface area contributed by atoms with Crippen LogP contribution in [0, 0.1) is 6.92 Å². The fraction of sp³-hybridized carbons (Fsp3) is 0.500. The molecule has 0 saturated heterocycles. The van der Waals surface area contributed by atoms with E-state index in [9.17, 15) is 22.0 Å². The van der Waals surface area contributed by atoms with Gasteiger partial charge in [-0.2, -0.15) is 27.1 Å². The third kappa shape index (κ3) is 1.56. The Morgan fingerprint density at radius 2 is 1.71 bits per heavy atom. The molecule has 0 radical (unpaired) electrons. The number of aromatic amines is 1. The molecule has 8 heteroatoms. The average Bonchev–Trinajstić information content (AvgIpc) is 2.30. The third-order valence-corrected chi connectivity index (χ3v) is 1.99. The molecule has 0 bridgehead atoms. The molecule has 1 aromatic rings. The number of halogens is 6. The van der Waals surface area contributed by atoms with Gasteiger partial charge in [-0.15, -0.1) is 0 Å². The Morgan fingerprint density at radius 3 is 2.00 bits per heavy atom. The van der Waals surface area contributed by atoms with Crippen LogP contribution in [-0.4, -0.2) is 16.4 Å². The molecule has 2 nitrogen and oxygen atoms in total. The second-order valence-electron chi connectivity index (χ2n) is 2.58. The van der Waals surface area contributed by atoms with Crippen molar-refractivity contribution in [3.63, 3.8) is 0 Å². The first-order valence-corrected chi connectivity index (χ1v) is 3.71. The Balaban J connectivity index is 3.23. The van der Waals surface area contributed by atoms with Crippen molar-refractivity contribution in [3.05, 3.63) is 16.4 Å². The predicted molar refractivity (Wildman–Crippen MR) is 38.3 cm³/mol. The van der Waals surface area contributed by atoms with Gasteiger partial charge < -0.3 is 0 Å². The quantitative estimate of drug-likeness (QED) is 0.744. The van der Waals surface area contributed by atoms with Crippen LogP contribution < -0.4 is 0 Å². The Morgan fingerprint density at radius 1 is 1.21 bits per heavy atom. The molecule has 14 heavy (non-hydrogen) atoms. The molecule has 1 aromatic heterocycles. The molecule has 0 amide bonds. The van der Waals surface area contributed by atoms with Crippen LogP contribution in [-0.2, 0) is 5.92 Å². The zero-order chi connectivity index (χ0) is 11.1. The highest BCUT2D eigenvalue weighted by atomic mass is 35.5. The van der Waals surface area contributed by atoms with Gasteiger partial charge in [-0.3, -0.25) is 5.10 Å². The Hall–Kier alpha value is -0.850. The summed E-state index contributed by atoms with van der Waals surface area (Å²) < 4.78 is 60.8. The summed E-state index contributed by atoms with van der Waals surface area (Å²) in [6.07, 6.45) is -5.70. The van der Waals surface area contributed by atoms with Crippen molar-refractivity contribution in [2.75, 3.05) is 0 Å². The van der Waals surface area contributed by atoms with E-state index in [4.69, 9.17) is 11.6 Å². The molecular formula is C6H4ClF5N2. The predicted octanol–water partition coefficient (Wildman–Crippen LogP) is 3.03. The zero-order valence-electron chi connectivity index (χ0n) is 6.72. The molecule has 0 aliphatic heterocycles. The second-order valence-corrected chi connectivity index (χ2v) is 2.96. The molecule has 0 aromatic carbocycles. The lowest BCUT2D eigenvalue weighted by Crippen LogP contribution is -2.34. The van der Waals surface area contributed by atoms with Gasteiger partial charge in [0.1, 0.15) is 0 Å². The SMILES string of the molecule is Cc1[nH]nc(C(F)(F)C(F)(F)F)c1Cl. The fourth-order valence-electron chi connectivity index (χ4n) is 0.758. The van der Waals surface area contributed by atoms with E-state index in [2.05, 4.69) is 5.10 Å². The molecule has 0 aliphatic carbocycles. The lowest BCUT2D eigenvalue weighted by Gasteiger charge is -2.17. The molecule has 80 valence electrons. The second kappa shape index (κ2) is 3.08. The van der Waals surface area contributed by atoms with E-state index >= 15 is 0 Å². The number of H-pyrrole nitrogens is 1. The maximum atomic E-state index is 12.6. The normalized spacial score (nSPS) is 13.4. The first-order chi connectivity index (χ1) is 6.18. The minimum Gasteiger partial charge on any atom is -0.281 e. The summed E-state index contributed by atoms with van der Waals surface area (Å²) in [5, 5.41) is 4.08. The minimum atomic E-state index is -5.70. The van der Waals surface area contributed by atoms with Crippen LogP contribution in [0.25, 0.3) is 0 Å². The van der Waals surface area contributed by atoms with Crippen molar-refractivity contribution in [1.29, 1.82) is 0 Å². The van der Waals surface area contributed by atoms with Crippen LogP contribution in [0.5, 0.6) is 0 Å². The van der Waals surface area contributed by atoms with Gasteiger partial charge in [0, 0.05) is 0 Å². The van der Waals surface area contributed by atoms with E-state index in [0.29, 0.717) is 0 Å². The summed E-state index contributed by atoms with van der Waals surface area (Å²) in [6.45, 7) is 1.24. The highest BCUT2D eigenvalue weighted by Gasteiger charge is 2.61. The summed E-state index contributed by atoms with van der Waals surface area (Å²) in [5.41, 5.74) is -1.53. The first kappa shape index (κ1) is 11.2. The van der Waals surface area contributed by atoms with Crippen molar-refractivity contribution in [2.24, 2.45) is 0 Å². The number of hydrogen-bond donors (Lipinski definition) is 1. The van der Waals surface area contributed by atoms with Crippen molar-refractivity contribution in [3.8, 4) is 0 Å². The average molecular weight is 235 g/mol. The van der Waals surface area contributed by atoms with Gasteiger partial charge in [0.2, 0.25) is 0 Å². The zero-order valence-corrected chi connectivity index (χ0v) is 7.47. The van der Waals surface area contributed by atoms with Gasteiger partial charge in [-0.25, -0.2) is 0 Å². The van der Waals surface area contributed by atoms with E-state index in [0.717, 1.165) is 0 Å². The molecule has 0 fully saturated rings. The summed E-state index contributed by atoms with van der Waals surface area (Å²) in [4.78, 5) is 0. The third-order valence-electron chi connectivity index (χ3n) is 1.53. The fourth-order valence-corrected chi connectivity index (χ4v) is 0.961. The number of aryl methyl sites for hydroxylation is 1. The number of aromatic nitrogens is 2. The summed E-state index contributed by atoms with van der Waals surface area (Å²) in [5.74, 6) is -5.03. The van der Waals surface area contributed by atoms with E-state index < -0.39 is 22.8 Å². The molecule has 1 N–H and O–H groups in total. The lowest BCUT2D eigenvalue weighted by molar-refractivity contribution is -0.290. The van der Waals surface area contributed by atoms with Crippen LogP contribution in [0.3, 0.4) is 0 Å². The molecule has 1 heterocycles. The summed E-state index contributed by atoms with van der Waals surface area (Å²) in [7, 11) is 0. The maximum Gasteiger partial charge on any atom is 0.459 e. The van der Waals surface area contributed by atoms with E-state index in [-0.39, 0.29) is 5.69 Å². The Labute approximate surface area is 80.1 Å². The molecular weight excluding hydrogens is 231 g/mol. The summed E-state index contributed by atoms with van der Waals surface area (Å²) >= 11 is 5.23. The molecule has 0 unspecified atom stereocenters. The smallest absolute Gasteiger partial charge is 0.281 e. The molecule has 0 saturated carbocycles. The van der Waals surface area contributed by atoms with E-state index in [1.54, 1.807) is 0 Å². The maximum absolute atomic E-state index is 12.6.